The summed E-state index contributed by atoms with van der Waals surface area (Å²) in [7, 11) is 0. The van der Waals surface area contributed by atoms with E-state index < -0.39 is 0 Å². The number of thiophene rings is 1. The molecule has 0 fully saturated rings. The molecular weight excluding hydrogens is 244 g/mol. The first kappa shape index (κ1) is 13.1. The van der Waals surface area contributed by atoms with Crippen molar-refractivity contribution < 1.29 is 4.79 Å². The van der Waals surface area contributed by atoms with Crippen LogP contribution in [0.4, 0.5) is 5.00 Å². The van der Waals surface area contributed by atoms with Crippen LogP contribution >= 0.6 is 11.3 Å². The Morgan fingerprint density at radius 3 is 2.89 bits per heavy atom. The molecule has 3 nitrogen and oxygen atoms in total. The summed E-state index contributed by atoms with van der Waals surface area (Å²) in [5, 5.41) is 12.9. The van der Waals surface area contributed by atoms with Crippen molar-refractivity contribution in [1.82, 2.24) is 0 Å². The largest absolute Gasteiger partial charge is 0.316 e. The van der Waals surface area contributed by atoms with E-state index in [0.717, 1.165) is 24.3 Å². The highest BCUT2D eigenvalue weighted by molar-refractivity contribution is 7.16. The highest BCUT2D eigenvalue weighted by atomic mass is 32.1. The van der Waals surface area contributed by atoms with Gasteiger partial charge in [0.25, 0.3) is 0 Å². The van der Waals surface area contributed by atoms with E-state index in [-0.39, 0.29) is 11.8 Å². The SMILES string of the molecule is CC(C)C(=O)Nc1sc2c(c1C#N)CC[C@@H](C)C2. The van der Waals surface area contributed by atoms with Gasteiger partial charge in [0.05, 0.1) is 5.56 Å². The fraction of sp³-hybridized carbons (Fsp3) is 0.571. The first-order valence-electron chi connectivity index (χ1n) is 6.38. The van der Waals surface area contributed by atoms with E-state index in [4.69, 9.17) is 0 Å². The van der Waals surface area contributed by atoms with Gasteiger partial charge in [-0.1, -0.05) is 20.8 Å². The second kappa shape index (κ2) is 5.11. The van der Waals surface area contributed by atoms with Crippen LogP contribution in [0.15, 0.2) is 0 Å². The van der Waals surface area contributed by atoms with Crippen molar-refractivity contribution >= 4 is 22.2 Å². The Morgan fingerprint density at radius 1 is 1.56 bits per heavy atom. The minimum Gasteiger partial charge on any atom is -0.316 e. The Bertz CT molecular complexity index is 511. The van der Waals surface area contributed by atoms with E-state index in [0.29, 0.717) is 11.5 Å². The third kappa shape index (κ3) is 2.41. The van der Waals surface area contributed by atoms with Crippen molar-refractivity contribution in [3.8, 4) is 6.07 Å². The maximum atomic E-state index is 11.7. The smallest absolute Gasteiger partial charge is 0.227 e. The van der Waals surface area contributed by atoms with E-state index in [9.17, 15) is 10.1 Å². The molecule has 4 heteroatoms. The number of carbonyl (C=O) groups excluding carboxylic acids is 1. The molecule has 0 aromatic carbocycles. The number of nitrogens with zero attached hydrogens (tertiary/aromatic N) is 1. The summed E-state index contributed by atoms with van der Waals surface area (Å²) in [6, 6.07) is 2.26. The summed E-state index contributed by atoms with van der Waals surface area (Å²) in [6.07, 6.45) is 3.13. The Labute approximate surface area is 112 Å². The minimum atomic E-state index is -0.0606. The third-order valence-corrected chi connectivity index (χ3v) is 4.55. The van der Waals surface area contributed by atoms with Crippen LogP contribution < -0.4 is 5.32 Å². The molecule has 1 heterocycles. The van der Waals surface area contributed by atoms with Crippen LogP contribution in [-0.4, -0.2) is 5.91 Å². The molecule has 0 bridgehead atoms. The van der Waals surface area contributed by atoms with Crippen LogP contribution in [0, 0.1) is 23.2 Å². The standard InChI is InChI=1S/C14H18N2OS/c1-8(2)13(17)16-14-11(7-15)10-5-4-9(3)6-12(10)18-14/h8-9H,4-6H2,1-3H3,(H,16,17)/t9-/m1/s1. The lowest BCUT2D eigenvalue weighted by atomic mass is 9.88. The zero-order valence-electron chi connectivity index (χ0n) is 11.0. The molecule has 0 saturated heterocycles. The zero-order valence-corrected chi connectivity index (χ0v) is 11.9. The first-order valence-corrected chi connectivity index (χ1v) is 7.20. The average Bonchev–Trinajstić information content (AvgIpc) is 2.64. The molecule has 2 rings (SSSR count). The van der Waals surface area contributed by atoms with Gasteiger partial charge in [-0.2, -0.15) is 5.26 Å². The van der Waals surface area contributed by atoms with Gasteiger partial charge in [0.2, 0.25) is 5.91 Å². The highest BCUT2D eigenvalue weighted by Gasteiger charge is 2.24. The molecule has 1 amide bonds. The molecule has 96 valence electrons. The molecule has 18 heavy (non-hydrogen) atoms. The van der Waals surface area contributed by atoms with E-state index in [2.05, 4.69) is 18.3 Å². The van der Waals surface area contributed by atoms with Crippen LogP contribution in [0.2, 0.25) is 0 Å². The Morgan fingerprint density at radius 2 is 2.28 bits per heavy atom. The van der Waals surface area contributed by atoms with E-state index in [1.807, 2.05) is 13.8 Å². The molecule has 1 atom stereocenters. The van der Waals surface area contributed by atoms with Crippen LogP contribution in [0.1, 0.15) is 43.2 Å². The summed E-state index contributed by atoms with van der Waals surface area (Å²) in [6.45, 7) is 5.95. The minimum absolute atomic E-state index is 0.0156. The monoisotopic (exact) mass is 262 g/mol. The Hall–Kier alpha value is -1.34. The number of nitrogens with one attached hydrogen (secondary N) is 1. The molecule has 0 saturated carbocycles. The van der Waals surface area contributed by atoms with E-state index >= 15 is 0 Å². The van der Waals surface area contributed by atoms with Gasteiger partial charge in [-0.05, 0) is 30.7 Å². The van der Waals surface area contributed by atoms with E-state index in [1.54, 1.807) is 11.3 Å². The second-order valence-electron chi connectivity index (χ2n) is 5.31. The highest BCUT2D eigenvalue weighted by Crippen LogP contribution is 2.39. The van der Waals surface area contributed by atoms with Crippen LogP contribution in [0.25, 0.3) is 0 Å². The van der Waals surface area contributed by atoms with Crippen LogP contribution in [-0.2, 0) is 17.6 Å². The van der Waals surface area contributed by atoms with Gasteiger partial charge in [-0.25, -0.2) is 0 Å². The van der Waals surface area contributed by atoms with Gasteiger partial charge >= 0.3 is 0 Å². The molecule has 1 N–H and O–H groups in total. The first-order chi connectivity index (χ1) is 8.52. The maximum Gasteiger partial charge on any atom is 0.227 e. The molecule has 1 aliphatic rings. The van der Waals surface area contributed by atoms with Crippen molar-refractivity contribution in [2.75, 3.05) is 5.32 Å². The molecule has 1 aromatic heterocycles. The predicted octanol–water partition coefficient (Wildman–Crippen LogP) is 3.34. The summed E-state index contributed by atoms with van der Waals surface area (Å²) in [5.41, 5.74) is 1.86. The lowest BCUT2D eigenvalue weighted by Gasteiger charge is -2.17. The topological polar surface area (TPSA) is 52.9 Å². The summed E-state index contributed by atoms with van der Waals surface area (Å²) < 4.78 is 0. The number of fused-ring (bicyclic) bond motifs is 1. The third-order valence-electron chi connectivity index (χ3n) is 3.38. The van der Waals surface area contributed by atoms with Crippen molar-refractivity contribution in [3.05, 3.63) is 16.0 Å². The zero-order chi connectivity index (χ0) is 13.3. The molecule has 0 spiro atoms. The van der Waals surface area contributed by atoms with Crippen molar-refractivity contribution in [1.29, 1.82) is 5.26 Å². The van der Waals surface area contributed by atoms with Crippen LogP contribution in [0.5, 0.6) is 0 Å². The molecule has 0 radical (unpaired) electrons. The van der Waals surface area contributed by atoms with Gasteiger partial charge in [-0.15, -0.1) is 11.3 Å². The molecular formula is C14H18N2OS. The maximum absolute atomic E-state index is 11.7. The Kier molecular flexibility index (Phi) is 3.72. The van der Waals surface area contributed by atoms with Gasteiger partial charge in [0.15, 0.2) is 0 Å². The fourth-order valence-electron chi connectivity index (χ4n) is 2.21. The van der Waals surface area contributed by atoms with Gasteiger partial charge in [0, 0.05) is 10.8 Å². The fourth-order valence-corrected chi connectivity index (χ4v) is 3.58. The van der Waals surface area contributed by atoms with Crippen molar-refractivity contribution in [2.24, 2.45) is 11.8 Å². The molecule has 1 aliphatic carbocycles. The van der Waals surface area contributed by atoms with Gasteiger partial charge in [-0.3, -0.25) is 4.79 Å². The summed E-state index contributed by atoms with van der Waals surface area (Å²) >= 11 is 1.58. The summed E-state index contributed by atoms with van der Waals surface area (Å²) in [4.78, 5) is 13.0. The lowest BCUT2D eigenvalue weighted by molar-refractivity contribution is -0.118. The normalized spacial score (nSPS) is 18.3. The quantitative estimate of drug-likeness (QED) is 0.888. The number of rotatable bonds is 2. The van der Waals surface area contributed by atoms with E-state index in [1.165, 1.54) is 10.4 Å². The van der Waals surface area contributed by atoms with Crippen LogP contribution in [0.3, 0.4) is 0 Å². The van der Waals surface area contributed by atoms with Crippen molar-refractivity contribution in [3.63, 3.8) is 0 Å². The lowest BCUT2D eigenvalue weighted by Crippen LogP contribution is -2.17. The number of carbonyl (C=O) groups is 1. The Balaban J connectivity index is 2.32. The number of amides is 1. The van der Waals surface area contributed by atoms with Gasteiger partial charge < -0.3 is 5.32 Å². The molecule has 0 unspecified atom stereocenters. The van der Waals surface area contributed by atoms with Crippen molar-refractivity contribution in [2.45, 2.75) is 40.0 Å². The number of hydrogen-bond acceptors (Lipinski definition) is 3. The van der Waals surface area contributed by atoms with Gasteiger partial charge in [0.1, 0.15) is 11.1 Å². The average molecular weight is 262 g/mol. The second-order valence-corrected chi connectivity index (χ2v) is 6.42. The molecule has 1 aromatic rings. The predicted molar refractivity (Wildman–Crippen MR) is 73.7 cm³/mol. The number of nitriles is 1. The molecule has 0 aliphatic heterocycles. The summed E-state index contributed by atoms with van der Waals surface area (Å²) in [5.74, 6) is 0.601. The number of anilines is 1. The number of hydrogen-bond donors (Lipinski definition) is 1.